The first-order valence-corrected chi connectivity index (χ1v) is 11.6. The molecule has 0 saturated carbocycles. The van der Waals surface area contributed by atoms with Crippen LogP contribution in [0, 0.1) is 0 Å². The summed E-state index contributed by atoms with van der Waals surface area (Å²) >= 11 is 2.61. The molecular weight excluding hydrogens is 442 g/mol. The molecular formula is C23H17N5O2S2. The Morgan fingerprint density at radius 3 is 2.38 bits per heavy atom. The average Bonchev–Trinajstić information content (AvgIpc) is 3.41. The topological polar surface area (TPSA) is 99.8 Å². The van der Waals surface area contributed by atoms with Crippen LogP contribution in [0.4, 0.5) is 0 Å². The first kappa shape index (κ1) is 20.3. The van der Waals surface area contributed by atoms with Crippen LogP contribution < -0.4 is 5.32 Å². The van der Waals surface area contributed by atoms with Crippen LogP contribution in [0.15, 0.2) is 70.9 Å². The Balaban J connectivity index is 1.69. The number of nitrogens with zero attached hydrogens (tertiary/aromatic N) is 4. The number of rotatable bonds is 4. The van der Waals surface area contributed by atoms with Crippen molar-refractivity contribution >= 4 is 50.1 Å². The summed E-state index contributed by atoms with van der Waals surface area (Å²) in [6.45, 7) is 1.77. The maximum absolute atomic E-state index is 11.3. The fourth-order valence-corrected chi connectivity index (χ4v) is 5.03. The van der Waals surface area contributed by atoms with Crippen molar-refractivity contribution in [3.8, 4) is 28.1 Å². The largest absolute Gasteiger partial charge is 0.506 e. The molecule has 3 heterocycles. The third kappa shape index (κ3) is 3.76. The highest BCUT2D eigenvalue weighted by Gasteiger charge is 2.23. The van der Waals surface area contributed by atoms with Gasteiger partial charge in [-0.25, -0.2) is 0 Å². The monoisotopic (exact) mass is 459 g/mol. The minimum absolute atomic E-state index is 0.0949. The van der Waals surface area contributed by atoms with E-state index < -0.39 is 0 Å². The maximum Gasteiger partial charge on any atom is 0.236 e. The number of amides is 1. The van der Waals surface area contributed by atoms with Crippen LogP contribution in [0.5, 0.6) is 5.75 Å². The highest BCUT2D eigenvalue weighted by Crippen LogP contribution is 2.45. The summed E-state index contributed by atoms with van der Waals surface area (Å²) in [5, 5.41) is 32.2. The number of fused-ring (bicyclic) bond motifs is 1. The molecule has 0 aliphatic carbocycles. The summed E-state index contributed by atoms with van der Waals surface area (Å²) < 4.78 is 0. The number of benzene rings is 2. The van der Waals surface area contributed by atoms with Crippen molar-refractivity contribution in [3.63, 3.8) is 0 Å². The maximum atomic E-state index is 11.3. The normalized spacial score (nSPS) is 15.5. The highest BCUT2D eigenvalue weighted by molar-refractivity contribution is 8.15. The second-order valence-corrected chi connectivity index (χ2v) is 9.01. The van der Waals surface area contributed by atoms with E-state index in [-0.39, 0.29) is 11.7 Å². The van der Waals surface area contributed by atoms with Gasteiger partial charge in [-0.05, 0) is 12.5 Å². The van der Waals surface area contributed by atoms with Gasteiger partial charge in [-0.1, -0.05) is 72.4 Å². The zero-order valence-corrected chi connectivity index (χ0v) is 18.6. The molecule has 158 valence electrons. The Hall–Kier alpha value is -3.56. The highest BCUT2D eigenvalue weighted by atomic mass is 32.2. The van der Waals surface area contributed by atoms with Crippen LogP contribution in [0.2, 0.25) is 0 Å². The van der Waals surface area contributed by atoms with E-state index in [0.29, 0.717) is 37.4 Å². The Bertz CT molecular complexity index is 1380. The molecule has 0 unspecified atom stereocenters. The van der Waals surface area contributed by atoms with E-state index in [9.17, 15) is 9.90 Å². The van der Waals surface area contributed by atoms with Gasteiger partial charge in [0.1, 0.15) is 11.4 Å². The summed E-state index contributed by atoms with van der Waals surface area (Å²) in [4.78, 5) is 12.5. The van der Waals surface area contributed by atoms with Crippen LogP contribution in [0.25, 0.3) is 32.6 Å². The molecule has 9 heteroatoms. The number of hydrogen-bond donors (Lipinski definition) is 2. The molecule has 1 aliphatic heterocycles. The standard InChI is InChI=1S/C23H17N5O2S2/c1-13(25-28-23-24-16(29)12-31-23)21-20(30)18-17(14-8-4-2-5-9-14)19(26-27-22(18)32-21)15-10-6-3-7-11-15/h2-11,30H,12H2,1H3,(H,24,28,29)/b25-13+. The summed E-state index contributed by atoms with van der Waals surface area (Å²) in [6, 6.07) is 19.6. The van der Waals surface area contributed by atoms with Gasteiger partial charge in [-0.3, -0.25) is 4.79 Å². The first-order valence-electron chi connectivity index (χ1n) is 9.80. The number of nitrogens with one attached hydrogen (secondary N) is 1. The number of thiophene rings is 1. The molecule has 1 fully saturated rings. The Morgan fingerprint density at radius 2 is 1.72 bits per heavy atom. The number of carbonyl (C=O) groups is 1. The molecule has 2 N–H and O–H groups in total. The lowest BCUT2D eigenvalue weighted by Gasteiger charge is -2.10. The van der Waals surface area contributed by atoms with Crippen molar-refractivity contribution < 1.29 is 9.90 Å². The number of hydrogen-bond acceptors (Lipinski definition) is 8. The van der Waals surface area contributed by atoms with Gasteiger partial charge >= 0.3 is 0 Å². The van der Waals surface area contributed by atoms with Crippen LogP contribution in [0.1, 0.15) is 11.8 Å². The number of amidine groups is 1. The molecule has 1 aliphatic rings. The van der Waals surface area contributed by atoms with Gasteiger partial charge in [0.05, 0.1) is 21.7 Å². The molecule has 0 atom stereocenters. The minimum Gasteiger partial charge on any atom is -0.506 e. The van der Waals surface area contributed by atoms with E-state index in [0.717, 1.165) is 16.7 Å². The molecule has 2 aromatic heterocycles. The Kier molecular flexibility index (Phi) is 5.42. The number of carbonyl (C=O) groups excluding carboxylic acids is 1. The molecule has 1 saturated heterocycles. The lowest BCUT2D eigenvalue weighted by Crippen LogP contribution is -2.19. The second kappa shape index (κ2) is 8.52. The smallest absolute Gasteiger partial charge is 0.236 e. The first-order chi connectivity index (χ1) is 15.6. The molecule has 4 aromatic rings. The van der Waals surface area contributed by atoms with Gasteiger partial charge in [0.15, 0.2) is 10.00 Å². The fourth-order valence-electron chi connectivity index (χ4n) is 3.44. The predicted molar refractivity (Wildman–Crippen MR) is 130 cm³/mol. The van der Waals surface area contributed by atoms with Crippen LogP contribution in [0.3, 0.4) is 0 Å². The van der Waals surface area contributed by atoms with Crippen molar-refractivity contribution in [2.24, 2.45) is 10.2 Å². The molecule has 2 aromatic carbocycles. The molecule has 1 amide bonds. The van der Waals surface area contributed by atoms with Crippen LogP contribution in [-0.4, -0.2) is 37.8 Å². The lowest BCUT2D eigenvalue weighted by atomic mass is 9.97. The van der Waals surface area contributed by atoms with Crippen molar-refractivity contribution in [2.45, 2.75) is 6.92 Å². The SMILES string of the molecule is C/C(=N\N=C1\NC(=O)CS1)c1sc2nnc(-c3ccccc3)c(-c3ccccc3)c2c1O. The minimum atomic E-state index is -0.0949. The second-order valence-electron chi connectivity index (χ2n) is 7.04. The summed E-state index contributed by atoms with van der Waals surface area (Å²) in [5.74, 6) is 0.336. The zero-order valence-electron chi connectivity index (χ0n) is 16.9. The molecule has 0 bridgehead atoms. The van der Waals surface area contributed by atoms with Gasteiger partial charge in [0.2, 0.25) is 5.91 Å². The van der Waals surface area contributed by atoms with E-state index in [1.807, 2.05) is 60.7 Å². The van der Waals surface area contributed by atoms with Crippen molar-refractivity contribution in [1.82, 2.24) is 15.5 Å². The Labute approximate surface area is 191 Å². The number of thioether (sulfide) groups is 1. The van der Waals surface area contributed by atoms with Crippen molar-refractivity contribution in [3.05, 3.63) is 65.5 Å². The van der Waals surface area contributed by atoms with E-state index in [2.05, 4.69) is 25.7 Å². The van der Waals surface area contributed by atoms with Crippen LogP contribution >= 0.6 is 23.1 Å². The van der Waals surface area contributed by atoms with Gasteiger partial charge in [-0.15, -0.1) is 26.6 Å². The lowest BCUT2D eigenvalue weighted by molar-refractivity contribution is -0.116. The molecule has 0 spiro atoms. The third-order valence-corrected chi connectivity index (χ3v) is 6.94. The fraction of sp³-hybridized carbons (Fsp3) is 0.0870. The van der Waals surface area contributed by atoms with E-state index >= 15 is 0 Å². The van der Waals surface area contributed by atoms with Crippen molar-refractivity contribution in [2.75, 3.05) is 5.75 Å². The quantitative estimate of drug-likeness (QED) is 0.341. The molecule has 5 rings (SSSR count). The Morgan fingerprint density at radius 1 is 1.03 bits per heavy atom. The van der Waals surface area contributed by atoms with Gasteiger partial charge < -0.3 is 10.4 Å². The summed E-state index contributed by atoms with van der Waals surface area (Å²) in [7, 11) is 0. The van der Waals surface area contributed by atoms with Crippen molar-refractivity contribution in [1.29, 1.82) is 0 Å². The molecule has 32 heavy (non-hydrogen) atoms. The van der Waals surface area contributed by atoms with E-state index in [1.54, 1.807) is 6.92 Å². The summed E-state index contributed by atoms with van der Waals surface area (Å²) in [5.41, 5.74) is 3.90. The zero-order chi connectivity index (χ0) is 22.1. The number of aromatic nitrogens is 2. The van der Waals surface area contributed by atoms with Gasteiger partial charge in [0.25, 0.3) is 0 Å². The predicted octanol–water partition coefficient (Wildman–Crippen LogP) is 4.67. The molecule has 0 radical (unpaired) electrons. The summed E-state index contributed by atoms with van der Waals surface area (Å²) in [6.07, 6.45) is 0. The number of aromatic hydroxyl groups is 1. The van der Waals surface area contributed by atoms with E-state index in [1.165, 1.54) is 23.1 Å². The van der Waals surface area contributed by atoms with Crippen LogP contribution in [-0.2, 0) is 4.79 Å². The average molecular weight is 460 g/mol. The molecule has 7 nitrogen and oxygen atoms in total. The third-order valence-electron chi connectivity index (χ3n) is 4.91. The van der Waals surface area contributed by atoms with E-state index in [4.69, 9.17) is 0 Å². The van der Waals surface area contributed by atoms with Gasteiger partial charge in [0, 0.05) is 11.1 Å². The van der Waals surface area contributed by atoms with Gasteiger partial charge in [-0.2, -0.15) is 5.10 Å².